The Hall–Kier alpha value is -0.740. The Labute approximate surface area is 147 Å². The molecule has 1 N–H and O–H groups in total. The molecule has 0 saturated heterocycles. The van der Waals surface area contributed by atoms with E-state index in [0.29, 0.717) is 23.3 Å². The van der Waals surface area contributed by atoms with E-state index in [-0.39, 0.29) is 24.7 Å². The first-order chi connectivity index (χ1) is 11.4. The number of halogens is 4. The lowest BCUT2D eigenvalue weighted by Crippen LogP contribution is -2.30. The van der Waals surface area contributed by atoms with Crippen LogP contribution in [0.1, 0.15) is 62.8 Å². The molecule has 1 nitrogen and oxygen atoms in total. The minimum atomic E-state index is -2.47. The summed E-state index contributed by atoms with van der Waals surface area (Å²) in [5.41, 5.74) is 1.06. The smallest absolute Gasteiger partial charge is 0.249 e. The summed E-state index contributed by atoms with van der Waals surface area (Å²) in [5.74, 6) is -1.70. The van der Waals surface area contributed by atoms with Crippen molar-refractivity contribution in [2.24, 2.45) is 5.92 Å². The summed E-state index contributed by atoms with van der Waals surface area (Å²) in [5, 5.41) is 3.83. The Bertz CT molecular complexity index is 556. The van der Waals surface area contributed by atoms with Crippen LogP contribution in [-0.2, 0) is 0 Å². The van der Waals surface area contributed by atoms with Crippen molar-refractivity contribution < 1.29 is 13.2 Å². The molecule has 0 heterocycles. The Morgan fingerprint density at radius 3 is 2.50 bits per heavy atom. The van der Waals surface area contributed by atoms with Gasteiger partial charge in [-0.3, -0.25) is 0 Å². The van der Waals surface area contributed by atoms with Gasteiger partial charge in [-0.1, -0.05) is 17.7 Å². The molecule has 0 aromatic heterocycles. The molecule has 5 heteroatoms. The highest BCUT2D eigenvalue weighted by Gasteiger charge is 2.39. The van der Waals surface area contributed by atoms with E-state index in [1.54, 1.807) is 0 Å². The molecule has 24 heavy (non-hydrogen) atoms. The van der Waals surface area contributed by atoms with E-state index in [0.717, 1.165) is 44.2 Å². The van der Waals surface area contributed by atoms with E-state index in [1.807, 2.05) is 6.07 Å². The fourth-order valence-corrected chi connectivity index (χ4v) is 4.53. The van der Waals surface area contributed by atoms with Crippen LogP contribution in [0.3, 0.4) is 0 Å². The van der Waals surface area contributed by atoms with E-state index in [2.05, 4.69) is 5.32 Å². The number of hydrogen-bond donors (Lipinski definition) is 1. The highest BCUT2D eigenvalue weighted by Crippen LogP contribution is 2.40. The lowest BCUT2D eigenvalue weighted by molar-refractivity contribution is 0.00690. The molecule has 134 valence electrons. The van der Waals surface area contributed by atoms with Gasteiger partial charge in [-0.15, -0.1) is 0 Å². The Kier molecular flexibility index (Phi) is 5.76. The maximum absolute atomic E-state index is 13.2. The average molecular weight is 360 g/mol. The van der Waals surface area contributed by atoms with Crippen molar-refractivity contribution in [3.05, 3.63) is 34.6 Å². The lowest BCUT2D eigenvalue weighted by atomic mass is 9.77. The largest absolute Gasteiger partial charge is 0.314 e. The molecule has 2 saturated carbocycles. The standard InChI is InChI=1S/C19H25ClF3N/c20-18-11-15(21)5-6-17(18)14-3-1-13(2-4-14)8-10-24-16-7-9-19(22,23)12-16/h5-6,11,13-14,16,24H,1-4,7-10,12H2/t13-,14+,16?. The summed E-state index contributed by atoms with van der Waals surface area (Å²) in [7, 11) is 0. The monoisotopic (exact) mass is 359 g/mol. The zero-order chi connectivity index (χ0) is 17.2. The maximum atomic E-state index is 13.2. The fraction of sp³-hybridized carbons (Fsp3) is 0.684. The van der Waals surface area contributed by atoms with Crippen molar-refractivity contribution in [2.75, 3.05) is 6.54 Å². The van der Waals surface area contributed by atoms with Crippen molar-refractivity contribution >= 4 is 11.6 Å². The van der Waals surface area contributed by atoms with Gasteiger partial charge in [-0.05, 0) is 74.6 Å². The summed E-state index contributed by atoms with van der Waals surface area (Å²) in [6.07, 6.45) is 6.03. The van der Waals surface area contributed by atoms with Crippen molar-refractivity contribution in [1.29, 1.82) is 0 Å². The van der Waals surface area contributed by atoms with Gasteiger partial charge in [-0.2, -0.15) is 0 Å². The summed E-state index contributed by atoms with van der Waals surface area (Å²) < 4.78 is 39.5. The Morgan fingerprint density at radius 2 is 1.88 bits per heavy atom. The van der Waals surface area contributed by atoms with Gasteiger partial charge in [0, 0.05) is 23.9 Å². The second-order valence-electron chi connectivity index (χ2n) is 7.42. The van der Waals surface area contributed by atoms with Crippen LogP contribution in [0.4, 0.5) is 13.2 Å². The number of alkyl halides is 2. The summed E-state index contributed by atoms with van der Waals surface area (Å²) in [6.45, 7) is 0.827. The molecule has 0 radical (unpaired) electrons. The van der Waals surface area contributed by atoms with E-state index in [9.17, 15) is 13.2 Å². The predicted molar refractivity (Wildman–Crippen MR) is 91.3 cm³/mol. The van der Waals surface area contributed by atoms with Gasteiger partial charge in [-0.25, -0.2) is 13.2 Å². The highest BCUT2D eigenvalue weighted by atomic mass is 35.5. The maximum Gasteiger partial charge on any atom is 0.249 e. The molecule has 0 aliphatic heterocycles. The molecule has 2 fully saturated rings. The first-order valence-corrected chi connectivity index (χ1v) is 9.37. The van der Waals surface area contributed by atoms with E-state index < -0.39 is 5.92 Å². The topological polar surface area (TPSA) is 12.0 Å². The first-order valence-electron chi connectivity index (χ1n) is 8.99. The van der Waals surface area contributed by atoms with E-state index in [4.69, 9.17) is 11.6 Å². The minimum Gasteiger partial charge on any atom is -0.314 e. The summed E-state index contributed by atoms with van der Waals surface area (Å²) >= 11 is 6.17. The Morgan fingerprint density at radius 1 is 1.12 bits per heavy atom. The second-order valence-corrected chi connectivity index (χ2v) is 7.83. The number of hydrogen-bond acceptors (Lipinski definition) is 1. The van der Waals surface area contributed by atoms with Crippen LogP contribution in [0.25, 0.3) is 0 Å². The number of nitrogens with one attached hydrogen (secondary N) is 1. The molecule has 1 unspecified atom stereocenters. The van der Waals surface area contributed by atoms with Crippen LogP contribution in [0, 0.1) is 11.7 Å². The zero-order valence-corrected chi connectivity index (χ0v) is 14.6. The van der Waals surface area contributed by atoms with Crippen molar-refractivity contribution in [3.8, 4) is 0 Å². The van der Waals surface area contributed by atoms with Crippen LogP contribution in [-0.4, -0.2) is 18.5 Å². The van der Waals surface area contributed by atoms with Crippen LogP contribution in [0.2, 0.25) is 5.02 Å². The molecule has 0 bridgehead atoms. The normalized spacial score (nSPS) is 29.8. The van der Waals surface area contributed by atoms with Crippen LogP contribution in [0.15, 0.2) is 18.2 Å². The van der Waals surface area contributed by atoms with E-state index >= 15 is 0 Å². The average Bonchev–Trinajstić information content (AvgIpc) is 2.87. The predicted octanol–water partition coefficient (Wildman–Crippen LogP) is 5.92. The number of rotatable bonds is 5. The third kappa shape index (κ3) is 4.66. The van der Waals surface area contributed by atoms with Crippen molar-refractivity contribution in [1.82, 2.24) is 5.32 Å². The van der Waals surface area contributed by atoms with Gasteiger partial charge in [0.2, 0.25) is 5.92 Å². The molecule has 1 aromatic rings. The number of benzene rings is 1. The minimum absolute atomic E-state index is 0.0111. The van der Waals surface area contributed by atoms with Gasteiger partial charge < -0.3 is 5.32 Å². The summed E-state index contributed by atoms with van der Waals surface area (Å²) in [4.78, 5) is 0. The van der Waals surface area contributed by atoms with Gasteiger partial charge >= 0.3 is 0 Å². The van der Waals surface area contributed by atoms with Crippen LogP contribution < -0.4 is 5.32 Å². The zero-order valence-electron chi connectivity index (χ0n) is 13.8. The molecule has 1 aromatic carbocycles. The van der Waals surface area contributed by atoms with Crippen LogP contribution in [0.5, 0.6) is 0 Å². The third-order valence-corrected chi connectivity index (χ3v) is 5.97. The van der Waals surface area contributed by atoms with Gasteiger partial charge in [0.1, 0.15) is 5.82 Å². The fourth-order valence-electron chi connectivity index (χ4n) is 4.21. The van der Waals surface area contributed by atoms with Crippen LogP contribution >= 0.6 is 11.6 Å². The molecular formula is C19H25ClF3N. The SMILES string of the molecule is Fc1ccc([C@H]2CC[C@@H](CCNC3CCC(F)(F)C3)CC2)c(Cl)c1. The van der Waals surface area contributed by atoms with Crippen molar-refractivity contribution in [3.63, 3.8) is 0 Å². The molecule has 0 spiro atoms. The highest BCUT2D eigenvalue weighted by molar-refractivity contribution is 6.31. The van der Waals surface area contributed by atoms with E-state index in [1.165, 1.54) is 12.1 Å². The quantitative estimate of drug-likeness (QED) is 0.688. The first kappa shape index (κ1) is 18.1. The van der Waals surface area contributed by atoms with Gasteiger partial charge in [0.15, 0.2) is 0 Å². The lowest BCUT2D eigenvalue weighted by Gasteiger charge is -2.29. The third-order valence-electron chi connectivity index (χ3n) is 5.64. The molecular weight excluding hydrogens is 335 g/mol. The molecule has 2 aliphatic carbocycles. The summed E-state index contributed by atoms with van der Waals surface area (Å²) in [6, 6.07) is 4.66. The van der Waals surface area contributed by atoms with Gasteiger partial charge in [0.25, 0.3) is 0 Å². The Balaban J connectivity index is 1.39. The molecule has 3 rings (SSSR count). The van der Waals surface area contributed by atoms with Crippen molar-refractivity contribution in [2.45, 2.75) is 69.2 Å². The molecule has 2 aliphatic rings. The van der Waals surface area contributed by atoms with Gasteiger partial charge in [0.05, 0.1) is 0 Å². The molecule has 1 atom stereocenters. The molecule has 0 amide bonds. The second kappa shape index (κ2) is 7.65.